The highest BCUT2D eigenvalue weighted by Gasteiger charge is 2.07. The van der Waals surface area contributed by atoms with E-state index in [0.717, 1.165) is 12.0 Å². The monoisotopic (exact) mass is 304 g/mol. The molecule has 110 valence electrons. The number of hydrogen-bond donors (Lipinski definition) is 2. The predicted molar refractivity (Wildman–Crippen MR) is 85.8 cm³/mol. The Kier molecular flexibility index (Phi) is 5.06. The second-order valence-electron chi connectivity index (χ2n) is 4.58. The van der Waals surface area contributed by atoms with Gasteiger partial charge >= 0.3 is 0 Å². The number of nitrogen functional groups attached to an aromatic ring is 1. The Hall–Kier alpha value is -2.20. The van der Waals surface area contributed by atoms with Crippen LogP contribution in [0.1, 0.15) is 12.5 Å². The minimum absolute atomic E-state index is 0.0850. The topological polar surface area (TPSA) is 64.3 Å². The fraction of sp³-hybridized carbons (Fsp3) is 0.188. The van der Waals surface area contributed by atoms with E-state index in [1.54, 1.807) is 18.2 Å². The molecule has 0 saturated carbocycles. The summed E-state index contributed by atoms with van der Waals surface area (Å²) < 4.78 is 5.47. The molecule has 0 aliphatic carbocycles. The Morgan fingerprint density at radius 3 is 2.86 bits per heavy atom. The van der Waals surface area contributed by atoms with Crippen molar-refractivity contribution in [2.24, 2.45) is 0 Å². The molecule has 0 atom stereocenters. The third-order valence-electron chi connectivity index (χ3n) is 2.94. The minimum atomic E-state index is -0.288. The van der Waals surface area contributed by atoms with Crippen LogP contribution in [0.4, 0.5) is 11.4 Å². The summed E-state index contributed by atoms with van der Waals surface area (Å²) in [6.45, 7) is 1.98. The van der Waals surface area contributed by atoms with Gasteiger partial charge in [-0.1, -0.05) is 30.7 Å². The van der Waals surface area contributed by atoms with Gasteiger partial charge in [-0.15, -0.1) is 0 Å². The Morgan fingerprint density at radius 2 is 2.10 bits per heavy atom. The first kappa shape index (κ1) is 15.2. The predicted octanol–water partition coefficient (Wildman–Crippen LogP) is 3.50. The van der Waals surface area contributed by atoms with Gasteiger partial charge in [0.25, 0.3) is 5.91 Å². The van der Waals surface area contributed by atoms with E-state index in [2.05, 4.69) is 12.2 Å². The van der Waals surface area contributed by atoms with Crippen molar-refractivity contribution in [2.75, 3.05) is 17.7 Å². The number of amides is 1. The molecule has 3 N–H and O–H groups in total. The van der Waals surface area contributed by atoms with Gasteiger partial charge in [-0.2, -0.15) is 0 Å². The number of hydrogen-bond acceptors (Lipinski definition) is 3. The van der Waals surface area contributed by atoms with Crippen molar-refractivity contribution in [3.63, 3.8) is 0 Å². The fourth-order valence-electron chi connectivity index (χ4n) is 1.83. The normalized spacial score (nSPS) is 10.2. The summed E-state index contributed by atoms with van der Waals surface area (Å²) in [6, 6.07) is 12.6. The maximum absolute atomic E-state index is 11.9. The first-order valence-corrected chi connectivity index (χ1v) is 7.03. The molecule has 0 fully saturated rings. The average Bonchev–Trinajstić information content (AvgIpc) is 2.49. The lowest BCUT2D eigenvalue weighted by Crippen LogP contribution is -2.20. The van der Waals surface area contributed by atoms with E-state index in [1.165, 1.54) is 0 Å². The minimum Gasteiger partial charge on any atom is -0.484 e. The van der Waals surface area contributed by atoms with Crippen LogP contribution in [0, 0.1) is 0 Å². The number of ether oxygens (including phenoxy) is 1. The van der Waals surface area contributed by atoms with Crippen molar-refractivity contribution >= 4 is 28.9 Å². The molecule has 0 unspecified atom stereocenters. The first-order chi connectivity index (χ1) is 10.1. The second-order valence-corrected chi connectivity index (χ2v) is 4.98. The smallest absolute Gasteiger partial charge is 0.262 e. The molecule has 4 nitrogen and oxygen atoms in total. The first-order valence-electron chi connectivity index (χ1n) is 6.65. The summed E-state index contributed by atoms with van der Waals surface area (Å²) >= 11 is 5.99. The van der Waals surface area contributed by atoms with Crippen molar-refractivity contribution in [2.45, 2.75) is 13.3 Å². The van der Waals surface area contributed by atoms with E-state index in [-0.39, 0.29) is 12.5 Å². The van der Waals surface area contributed by atoms with Crippen molar-refractivity contribution in [3.05, 3.63) is 53.1 Å². The maximum atomic E-state index is 11.9. The second kappa shape index (κ2) is 6.99. The van der Waals surface area contributed by atoms with E-state index in [1.807, 2.05) is 24.3 Å². The molecule has 0 aliphatic rings. The number of nitrogens with two attached hydrogens (primary N) is 1. The zero-order valence-corrected chi connectivity index (χ0v) is 12.5. The summed E-state index contributed by atoms with van der Waals surface area (Å²) in [4.78, 5) is 11.9. The zero-order valence-electron chi connectivity index (χ0n) is 11.7. The molecule has 5 heteroatoms. The van der Waals surface area contributed by atoms with Crippen LogP contribution >= 0.6 is 11.6 Å². The summed E-state index contributed by atoms with van der Waals surface area (Å²) in [7, 11) is 0. The molecule has 0 spiro atoms. The van der Waals surface area contributed by atoms with E-state index >= 15 is 0 Å². The summed E-state index contributed by atoms with van der Waals surface area (Å²) in [6.07, 6.45) is 0.919. The third kappa shape index (κ3) is 4.39. The molecule has 0 bridgehead atoms. The van der Waals surface area contributed by atoms with Gasteiger partial charge in [0.15, 0.2) is 6.61 Å². The molecule has 0 aliphatic heterocycles. The van der Waals surface area contributed by atoms with E-state index in [0.29, 0.717) is 22.1 Å². The van der Waals surface area contributed by atoms with Gasteiger partial charge in [0.2, 0.25) is 0 Å². The largest absolute Gasteiger partial charge is 0.484 e. The summed E-state index contributed by atoms with van der Waals surface area (Å²) in [5.41, 5.74) is 7.83. The molecule has 0 radical (unpaired) electrons. The quantitative estimate of drug-likeness (QED) is 0.831. The molecule has 2 aromatic rings. The molecule has 2 aromatic carbocycles. The number of halogens is 1. The van der Waals surface area contributed by atoms with E-state index in [9.17, 15) is 4.79 Å². The van der Waals surface area contributed by atoms with Crippen LogP contribution in [-0.2, 0) is 11.2 Å². The van der Waals surface area contributed by atoms with Crippen molar-refractivity contribution < 1.29 is 9.53 Å². The fourth-order valence-corrected chi connectivity index (χ4v) is 1.99. The van der Waals surface area contributed by atoms with Crippen LogP contribution in [0.15, 0.2) is 42.5 Å². The van der Waals surface area contributed by atoms with Gasteiger partial charge in [0.05, 0.1) is 10.7 Å². The van der Waals surface area contributed by atoms with Crippen LogP contribution in [-0.4, -0.2) is 12.5 Å². The lowest BCUT2D eigenvalue weighted by Gasteiger charge is -2.10. The number of benzene rings is 2. The number of nitrogens with one attached hydrogen (secondary N) is 1. The highest BCUT2D eigenvalue weighted by molar-refractivity contribution is 6.33. The number of anilines is 2. The number of carbonyl (C=O) groups is 1. The lowest BCUT2D eigenvalue weighted by molar-refractivity contribution is -0.118. The van der Waals surface area contributed by atoms with Gasteiger partial charge in [-0.05, 0) is 42.3 Å². The van der Waals surface area contributed by atoms with Crippen LogP contribution in [0.3, 0.4) is 0 Å². The van der Waals surface area contributed by atoms with E-state index < -0.39 is 0 Å². The van der Waals surface area contributed by atoms with Gasteiger partial charge < -0.3 is 15.8 Å². The molecule has 2 rings (SSSR count). The molecule has 1 amide bonds. The Morgan fingerprint density at radius 1 is 1.29 bits per heavy atom. The van der Waals surface area contributed by atoms with Crippen molar-refractivity contribution in [1.82, 2.24) is 0 Å². The van der Waals surface area contributed by atoms with Crippen LogP contribution in [0.2, 0.25) is 5.02 Å². The molecule has 0 heterocycles. The standard InChI is InChI=1S/C16H17ClN2O2/c1-2-11-4-3-5-13(8-11)21-10-16(20)19-15-9-12(18)6-7-14(15)17/h3-9H,2,10,18H2,1H3,(H,19,20). The highest BCUT2D eigenvalue weighted by atomic mass is 35.5. The SMILES string of the molecule is CCc1cccc(OCC(=O)Nc2cc(N)ccc2Cl)c1. The summed E-state index contributed by atoms with van der Waals surface area (Å²) in [5.74, 6) is 0.382. The molecule has 0 saturated heterocycles. The van der Waals surface area contributed by atoms with Crippen LogP contribution < -0.4 is 15.8 Å². The van der Waals surface area contributed by atoms with Crippen molar-refractivity contribution in [3.8, 4) is 5.75 Å². The number of aryl methyl sites for hydroxylation is 1. The maximum Gasteiger partial charge on any atom is 0.262 e. The molecule has 21 heavy (non-hydrogen) atoms. The summed E-state index contributed by atoms with van der Waals surface area (Å²) in [5, 5.41) is 3.11. The Balaban J connectivity index is 1.94. The Bertz CT molecular complexity index is 644. The molecular formula is C16H17ClN2O2. The number of carbonyl (C=O) groups excluding carboxylic acids is 1. The molecule has 0 aromatic heterocycles. The lowest BCUT2D eigenvalue weighted by atomic mass is 10.2. The van der Waals surface area contributed by atoms with Crippen LogP contribution in [0.5, 0.6) is 5.75 Å². The van der Waals surface area contributed by atoms with Crippen LogP contribution in [0.25, 0.3) is 0 Å². The number of rotatable bonds is 5. The zero-order chi connectivity index (χ0) is 15.2. The van der Waals surface area contributed by atoms with Gasteiger partial charge in [-0.3, -0.25) is 4.79 Å². The Labute approximate surface area is 128 Å². The highest BCUT2D eigenvalue weighted by Crippen LogP contribution is 2.24. The van der Waals surface area contributed by atoms with E-state index in [4.69, 9.17) is 22.1 Å². The molecular weight excluding hydrogens is 288 g/mol. The van der Waals surface area contributed by atoms with Gasteiger partial charge in [0.1, 0.15) is 5.75 Å². The average molecular weight is 305 g/mol. The van der Waals surface area contributed by atoms with Gasteiger partial charge in [0, 0.05) is 5.69 Å². The van der Waals surface area contributed by atoms with Crippen molar-refractivity contribution in [1.29, 1.82) is 0 Å². The van der Waals surface area contributed by atoms with Gasteiger partial charge in [-0.25, -0.2) is 0 Å². The third-order valence-corrected chi connectivity index (χ3v) is 3.27.